The minimum atomic E-state index is -5.55. The first kappa shape index (κ1) is 32.3. The number of aromatic hydroxyl groups is 1. The Balaban J connectivity index is 1.06. The van der Waals surface area contributed by atoms with Crippen molar-refractivity contribution in [2.75, 3.05) is 11.5 Å². The fourth-order valence-corrected chi connectivity index (χ4v) is 10.6. The van der Waals surface area contributed by atoms with Gasteiger partial charge < -0.3 is 14.8 Å². The third-order valence-electron chi connectivity index (χ3n) is 11.8. The molecule has 9 heteroatoms. The SMILES string of the molecule is C[C@]12CCC3c4ccc(O)cc4C[C@@H](CCCCCCCC[S+]([O-])CCCC(F)(F)C(F)(F)F)C3C1C[C@@H](O)C21CC1. The minimum absolute atomic E-state index is 0.117. The van der Waals surface area contributed by atoms with Crippen LogP contribution in [0.25, 0.3) is 0 Å². The van der Waals surface area contributed by atoms with Crippen molar-refractivity contribution >= 4 is 11.2 Å². The highest BCUT2D eigenvalue weighted by molar-refractivity contribution is 7.91. The van der Waals surface area contributed by atoms with Crippen LogP contribution >= 0.6 is 0 Å². The summed E-state index contributed by atoms with van der Waals surface area (Å²) in [6, 6.07) is 5.94. The summed E-state index contributed by atoms with van der Waals surface area (Å²) in [5.41, 5.74) is 3.06. The quantitative estimate of drug-likeness (QED) is 0.132. The van der Waals surface area contributed by atoms with Gasteiger partial charge in [-0.3, -0.25) is 0 Å². The van der Waals surface area contributed by atoms with Crippen molar-refractivity contribution in [2.45, 2.75) is 127 Å². The molecule has 4 aliphatic rings. The van der Waals surface area contributed by atoms with Crippen LogP contribution in [0.15, 0.2) is 18.2 Å². The van der Waals surface area contributed by atoms with Crippen LogP contribution in [0.1, 0.15) is 114 Å². The molecule has 1 aromatic carbocycles. The summed E-state index contributed by atoms with van der Waals surface area (Å²) >= 11 is -1.36. The van der Waals surface area contributed by atoms with Gasteiger partial charge in [0.15, 0.2) is 0 Å². The lowest BCUT2D eigenvalue weighted by Gasteiger charge is -2.54. The molecule has 2 N–H and O–H groups in total. The van der Waals surface area contributed by atoms with Crippen molar-refractivity contribution in [2.24, 2.45) is 28.6 Å². The van der Waals surface area contributed by atoms with Gasteiger partial charge in [0.1, 0.15) is 17.3 Å². The fourth-order valence-electron chi connectivity index (χ4n) is 9.40. The van der Waals surface area contributed by atoms with Crippen molar-refractivity contribution in [3.8, 4) is 5.75 Å². The molecule has 3 nitrogen and oxygen atoms in total. The van der Waals surface area contributed by atoms with Crippen molar-refractivity contribution in [3.05, 3.63) is 29.3 Å². The molecule has 5 rings (SSSR count). The van der Waals surface area contributed by atoms with Crippen LogP contribution in [0.3, 0.4) is 0 Å². The minimum Gasteiger partial charge on any atom is -0.616 e. The number of aliphatic hydroxyl groups excluding tert-OH is 1. The molecular weight excluding hydrogens is 571 g/mol. The highest BCUT2D eigenvalue weighted by Crippen LogP contribution is 2.76. The Labute approximate surface area is 250 Å². The summed E-state index contributed by atoms with van der Waals surface area (Å²) in [4.78, 5) is 0. The molecule has 3 saturated carbocycles. The predicted molar refractivity (Wildman–Crippen MR) is 155 cm³/mol. The lowest BCUT2D eigenvalue weighted by atomic mass is 9.50. The van der Waals surface area contributed by atoms with Gasteiger partial charge in [-0.15, -0.1) is 0 Å². The first-order chi connectivity index (χ1) is 19.8. The van der Waals surface area contributed by atoms with Crippen LogP contribution in [0.5, 0.6) is 5.75 Å². The van der Waals surface area contributed by atoms with Crippen LogP contribution in [0.4, 0.5) is 22.0 Å². The molecule has 7 atom stereocenters. The topological polar surface area (TPSA) is 63.5 Å². The Morgan fingerprint density at radius 2 is 1.62 bits per heavy atom. The van der Waals surface area contributed by atoms with Gasteiger partial charge in [-0.2, -0.15) is 22.0 Å². The molecule has 0 radical (unpaired) electrons. The zero-order chi connectivity index (χ0) is 30.3. The lowest BCUT2D eigenvalue weighted by Crippen LogP contribution is -2.46. The molecule has 0 bridgehead atoms. The normalized spacial score (nSPS) is 32.3. The van der Waals surface area contributed by atoms with Crippen LogP contribution in [0, 0.1) is 28.6 Å². The standard InChI is InChI=1S/C33H47F5O3S/c1-30-14-12-26-25-11-10-24(39)20-23(25)19-22(29(26)27(30)21-28(40)31(30)15-16-31)9-6-4-2-3-5-7-17-42(41)18-8-13-32(34,35)33(36,37)38/h10-11,20,22,26-29,39-40H,2-9,12-19,21H2,1H3/t22-,26?,27?,28-,29?,30+,42?/m1/s1. The average molecular weight is 619 g/mol. The molecule has 1 spiro atoms. The van der Waals surface area contributed by atoms with Crippen LogP contribution < -0.4 is 0 Å². The van der Waals surface area contributed by atoms with Gasteiger partial charge in [0, 0.05) is 11.8 Å². The summed E-state index contributed by atoms with van der Waals surface area (Å²) in [5, 5.41) is 21.4. The number of benzene rings is 1. The number of unbranched alkanes of at least 4 members (excludes halogenated alkanes) is 5. The molecular formula is C33H47F5O3S. The number of phenolic OH excluding ortho intramolecular Hbond substituents is 1. The van der Waals surface area contributed by atoms with E-state index >= 15 is 0 Å². The van der Waals surface area contributed by atoms with Gasteiger partial charge in [0.05, 0.1) is 6.10 Å². The molecule has 4 unspecified atom stereocenters. The van der Waals surface area contributed by atoms with E-state index in [1.807, 2.05) is 12.1 Å². The highest BCUT2D eigenvalue weighted by Gasteiger charge is 2.71. The van der Waals surface area contributed by atoms with E-state index in [0.717, 1.165) is 70.6 Å². The number of hydrogen-bond donors (Lipinski definition) is 2. The molecule has 238 valence electrons. The number of halogens is 5. The summed E-state index contributed by atoms with van der Waals surface area (Å²) < 4.78 is 74.8. The maximum absolute atomic E-state index is 13.0. The van der Waals surface area contributed by atoms with Crippen LogP contribution in [-0.4, -0.2) is 44.5 Å². The number of phenols is 1. The maximum atomic E-state index is 13.0. The second-order valence-electron chi connectivity index (χ2n) is 14.1. The summed E-state index contributed by atoms with van der Waals surface area (Å²) in [5.74, 6) is -1.99. The van der Waals surface area contributed by atoms with E-state index in [1.54, 1.807) is 0 Å². The third-order valence-corrected chi connectivity index (χ3v) is 13.3. The van der Waals surface area contributed by atoms with Crippen molar-refractivity contribution in [3.63, 3.8) is 0 Å². The molecule has 0 amide bonds. The van der Waals surface area contributed by atoms with E-state index in [-0.39, 0.29) is 22.7 Å². The van der Waals surface area contributed by atoms with Gasteiger partial charge in [-0.05, 0) is 117 Å². The van der Waals surface area contributed by atoms with E-state index in [1.165, 1.54) is 17.5 Å². The zero-order valence-corrected chi connectivity index (χ0v) is 25.6. The van der Waals surface area contributed by atoms with E-state index in [9.17, 15) is 36.7 Å². The molecule has 0 saturated heterocycles. The highest BCUT2D eigenvalue weighted by atomic mass is 32.2. The molecule has 42 heavy (non-hydrogen) atoms. The van der Waals surface area contributed by atoms with Crippen molar-refractivity contribution in [1.82, 2.24) is 0 Å². The van der Waals surface area contributed by atoms with E-state index in [4.69, 9.17) is 0 Å². The second-order valence-corrected chi connectivity index (χ2v) is 15.8. The summed E-state index contributed by atoms with van der Waals surface area (Å²) in [7, 11) is 0. The van der Waals surface area contributed by atoms with Crippen LogP contribution in [0.2, 0.25) is 0 Å². The number of alkyl halides is 5. The molecule has 4 aliphatic carbocycles. The van der Waals surface area contributed by atoms with E-state index in [2.05, 4.69) is 13.0 Å². The van der Waals surface area contributed by atoms with Gasteiger partial charge in [-0.1, -0.05) is 49.8 Å². The summed E-state index contributed by atoms with van der Waals surface area (Å²) in [6.45, 7) is 2.46. The Morgan fingerprint density at radius 3 is 2.31 bits per heavy atom. The largest absolute Gasteiger partial charge is 0.616 e. The Hall–Kier alpha value is -1.06. The number of fused-ring (bicyclic) bond motifs is 6. The van der Waals surface area contributed by atoms with Gasteiger partial charge in [-0.25, -0.2) is 0 Å². The first-order valence-electron chi connectivity index (χ1n) is 16.1. The molecule has 0 heterocycles. The fraction of sp³-hybridized carbons (Fsp3) is 0.818. The zero-order valence-electron chi connectivity index (χ0n) is 24.7. The monoisotopic (exact) mass is 618 g/mol. The van der Waals surface area contributed by atoms with Gasteiger partial charge in [0.25, 0.3) is 0 Å². The van der Waals surface area contributed by atoms with E-state index < -0.39 is 36.1 Å². The Bertz CT molecular complexity index is 1080. The predicted octanol–water partition coefficient (Wildman–Crippen LogP) is 8.68. The van der Waals surface area contributed by atoms with Gasteiger partial charge >= 0.3 is 12.1 Å². The molecule has 0 aliphatic heterocycles. The first-order valence-corrected chi connectivity index (χ1v) is 17.6. The number of rotatable bonds is 13. The molecule has 3 fully saturated rings. The Morgan fingerprint density at radius 1 is 0.952 bits per heavy atom. The third kappa shape index (κ3) is 6.22. The summed E-state index contributed by atoms with van der Waals surface area (Å²) in [6.07, 6.45) is 6.13. The van der Waals surface area contributed by atoms with E-state index in [0.29, 0.717) is 41.6 Å². The number of hydrogen-bond acceptors (Lipinski definition) is 3. The maximum Gasteiger partial charge on any atom is 0.453 e. The average Bonchev–Trinajstić information content (AvgIpc) is 3.70. The van der Waals surface area contributed by atoms with Gasteiger partial charge in [0.2, 0.25) is 0 Å². The van der Waals surface area contributed by atoms with Crippen molar-refractivity contribution < 1.29 is 36.7 Å². The molecule has 0 aromatic heterocycles. The van der Waals surface area contributed by atoms with Crippen LogP contribution in [-0.2, 0) is 17.6 Å². The molecule has 1 aromatic rings. The Kier molecular flexibility index (Phi) is 9.53. The van der Waals surface area contributed by atoms with Crippen molar-refractivity contribution in [1.29, 1.82) is 0 Å². The lowest BCUT2D eigenvalue weighted by molar-refractivity contribution is -0.284. The second kappa shape index (κ2) is 12.4. The smallest absolute Gasteiger partial charge is 0.453 e. The number of aliphatic hydroxyl groups is 1.